The van der Waals surface area contributed by atoms with Crippen molar-refractivity contribution in [3.63, 3.8) is 0 Å². The molecular weight excluding hydrogens is 369 g/mol. The van der Waals surface area contributed by atoms with Gasteiger partial charge in [0.25, 0.3) is 0 Å². The Kier molecular flexibility index (Phi) is 6.62. The number of halogens is 2. The smallest absolute Gasteiger partial charge is 0.169 e. The van der Waals surface area contributed by atoms with Crippen molar-refractivity contribution in [1.82, 2.24) is 0 Å². The fourth-order valence-corrected chi connectivity index (χ4v) is 3.16. The summed E-state index contributed by atoms with van der Waals surface area (Å²) in [6, 6.07) is 8.01. The first-order chi connectivity index (χ1) is 11.7. The minimum Gasteiger partial charge on any atom is -0.456 e. The summed E-state index contributed by atoms with van der Waals surface area (Å²) in [6.45, 7) is 0. The van der Waals surface area contributed by atoms with Crippen molar-refractivity contribution in [3.05, 3.63) is 46.7 Å². The lowest BCUT2D eigenvalue weighted by Crippen LogP contribution is -2.68. The van der Waals surface area contributed by atoms with Gasteiger partial charge in [-0.1, -0.05) is 23.7 Å². The third-order valence-corrected chi connectivity index (χ3v) is 4.13. The van der Waals surface area contributed by atoms with Crippen LogP contribution in [0.4, 0.5) is 0 Å². The van der Waals surface area contributed by atoms with Crippen molar-refractivity contribution in [2.75, 3.05) is 14.1 Å². The highest BCUT2D eigenvalue weighted by atomic mass is 35.7. The van der Waals surface area contributed by atoms with Crippen LogP contribution in [0.25, 0.3) is 5.03 Å². The molecular formula is C17H19Cl2NO5. The maximum absolute atomic E-state index is 8.49. The van der Waals surface area contributed by atoms with E-state index in [1.165, 1.54) is 12.0 Å². The van der Waals surface area contributed by atoms with Gasteiger partial charge in [-0.05, 0) is 37.8 Å². The Bertz CT molecular complexity index is 725. The fraction of sp³-hybridized carbons (Fsp3) is 0.353. The lowest BCUT2D eigenvalue weighted by Gasteiger charge is -2.23. The Morgan fingerprint density at radius 3 is 2.32 bits per heavy atom. The molecule has 0 unspecified atom stereocenters. The van der Waals surface area contributed by atoms with Gasteiger partial charge in [0.15, 0.2) is 6.21 Å². The van der Waals surface area contributed by atoms with Gasteiger partial charge in [-0.15, -0.1) is 10.2 Å². The molecule has 0 saturated heterocycles. The van der Waals surface area contributed by atoms with Gasteiger partial charge < -0.3 is 4.74 Å². The number of nitrogens with zero attached hydrogens (tertiary/aromatic N) is 1. The number of ether oxygens (including phenoxy) is 1. The van der Waals surface area contributed by atoms with Crippen molar-refractivity contribution in [3.8, 4) is 5.75 Å². The van der Waals surface area contributed by atoms with Gasteiger partial charge in [-0.3, -0.25) is 0 Å². The molecule has 8 heteroatoms. The summed E-state index contributed by atoms with van der Waals surface area (Å²) in [6.07, 6.45) is 6.53. The fourth-order valence-electron chi connectivity index (χ4n) is 2.82. The molecule has 0 fully saturated rings. The van der Waals surface area contributed by atoms with E-state index in [4.69, 9.17) is 35.0 Å². The molecule has 6 nitrogen and oxygen atoms in total. The van der Waals surface area contributed by atoms with E-state index in [0.29, 0.717) is 0 Å². The summed E-state index contributed by atoms with van der Waals surface area (Å²) in [5.74, 6) is 1.84. The zero-order chi connectivity index (χ0) is 18.6. The first-order valence-corrected chi connectivity index (χ1v) is 9.30. The zero-order valence-electron chi connectivity index (χ0n) is 14.0. The van der Waals surface area contributed by atoms with E-state index in [2.05, 4.69) is 10.8 Å². The van der Waals surface area contributed by atoms with Crippen LogP contribution < -0.4 is 23.4 Å². The van der Waals surface area contributed by atoms with E-state index in [-0.39, 0.29) is 0 Å². The maximum atomic E-state index is 8.49. The largest absolute Gasteiger partial charge is 0.456 e. The normalized spacial score (nSPS) is 16.8. The van der Waals surface area contributed by atoms with Crippen LogP contribution in [0.5, 0.6) is 5.75 Å². The molecule has 1 aromatic carbocycles. The highest BCUT2D eigenvalue weighted by Crippen LogP contribution is 2.44. The van der Waals surface area contributed by atoms with Gasteiger partial charge in [0.05, 0.1) is 10.6 Å². The second kappa shape index (κ2) is 8.31. The molecule has 0 spiro atoms. The van der Waals surface area contributed by atoms with E-state index in [1.54, 1.807) is 0 Å². The average Bonchev–Trinajstić information content (AvgIpc) is 2.68. The van der Waals surface area contributed by atoms with Crippen LogP contribution in [0.1, 0.15) is 31.2 Å². The quantitative estimate of drug-likeness (QED) is 0.474. The van der Waals surface area contributed by atoms with Gasteiger partial charge in [0.1, 0.15) is 25.6 Å². The number of benzene rings is 1. The summed E-state index contributed by atoms with van der Waals surface area (Å²) < 4.78 is 42.2. The molecule has 0 bridgehead atoms. The highest BCUT2D eigenvalue weighted by Gasteiger charge is 2.27. The topological polar surface area (TPSA) is 104 Å². The van der Waals surface area contributed by atoms with Crippen LogP contribution in [0.2, 0.25) is 0 Å². The number of hydrogen-bond donors (Lipinski definition) is 0. The van der Waals surface area contributed by atoms with Crippen molar-refractivity contribution in [2.45, 2.75) is 25.7 Å². The Morgan fingerprint density at radius 1 is 1.08 bits per heavy atom. The molecule has 0 aromatic heterocycles. The van der Waals surface area contributed by atoms with Gasteiger partial charge in [-0.2, -0.15) is 0 Å². The lowest BCUT2D eigenvalue weighted by molar-refractivity contribution is -2.00. The van der Waals surface area contributed by atoms with Crippen molar-refractivity contribution in [1.29, 1.82) is 0 Å². The average molecular weight is 388 g/mol. The molecule has 3 rings (SSSR count). The van der Waals surface area contributed by atoms with Crippen LogP contribution >= 0.6 is 11.6 Å². The molecule has 0 amide bonds. The number of hydrogen-bond acceptors (Lipinski definition) is 5. The summed E-state index contributed by atoms with van der Waals surface area (Å²) in [4.78, 5) is 0. The number of rotatable bonds is 1. The predicted molar refractivity (Wildman–Crippen MR) is 83.5 cm³/mol. The molecule has 1 heterocycles. The van der Waals surface area contributed by atoms with E-state index in [9.17, 15) is 0 Å². The maximum Gasteiger partial charge on any atom is 0.169 e. The Labute approximate surface area is 153 Å². The SMILES string of the molecule is C[N+](C)=CC1=C2Oc3ccccc3C(Cl)=C2CCCC1.[O-][Cl+3]([O-])([O-])[O-]. The first kappa shape index (κ1) is 19.9. The van der Waals surface area contributed by atoms with Crippen LogP contribution in [-0.4, -0.2) is 24.9 Å². The van der Waals surface area contributed by atoms with Crippen molar-refractivity contribution < 1.29 is 38.2 Å². The van der Waals surface area contributed by atoms with Gasteiger partial charge >= 0.3 is 0 Å². The molecule has 1 aliphatic carbocycles. The standard InChI is InChI=1S/C17H19ClNO.ClHO4/c1-19(2)11-12-7-3-4-9-14-16(18)13-8-5-6-10-15(13)20-17(12)14;2-1(3,4)5/h5-6,8,10-11H,3-4,7,9H2,1-2H3;(H,2,3,4,5)/q+1;/p-1. The van der Waals surface area contributed by atoms with E-state index in [0.717, 1.165) is 46.9 Å². The summed E-state index contributed by atoms with van der Waals surface area (Å²) >= 11 is 6.63. The van der Waals surface area contributed by atoms with E-state index < -0.39 is 10.2 Å². The number of allylic oxidation sites excluding steroid dienone is 2. The lowest BCUT2D eigenvalue weighted by atomic mass is 10.0. The van der Waals surface area contributed by atoms with Crippen LogP contribution in [0.15, 0.2) is 41.2 Å². The van der Waals surface area contributed by atoms with Gasteiger partial charge in [0.2, 0.25) is 0 Å². The molecule has 1 aromatic rings. The molecule has 0 saturated carbocycles. The highest BCUT2D eigenvalue weighted by molar-refractivity contribution is 6.50. The van der Waals surface area contributed by atoms with Crippen molar-refractivity contribution >= 4 is 22.8 Å². The summed E-state index contributed by atoms with van der Waals surface area (Å²) in [5, 5.41) is 0.855. The number of para-hydroxylation sites is 1. The molecule has 0 atom stereocenters. The molecule has 1 aliphatic heterocycles. The van der Waals surface area contributed by atoms with Gasteiger partial charge in [0, 0.05) is 11.1 Å². The van der Waals surface area contributed by atoms with E-state index in [1.807, 2.05) is 38.4 Å². The second-order valence-corrected chi connectivity index (χ2v) is 7.06. The Morgan fingerprint density at radius 2 is 1.68 bits per heavy atom. The molecule has 136 valence electrons. The van der Waals surface area contributed by atoms with Crippen LogP contribution in [0, 0.1) is 10.2 Å². The second-order valence-electron chi connectivity index (χ2n) is 5.92. The van der Waals surface area contributed by atoms with Crippen LogP contribution in [0.3, 0.4) is 0 Å². The van der Waals surface area contributed by atoms with Gasteiger partial charge in [-0.25, -0.2) is 23.2 Å². The van der Waals surface area contributed by atoms with Crippen molar-refractivity contribution in [2.24, 2.45) is 0 Å². The third-order valence-electron chi connectivity index (χ3n) is 3.70. The Hall–Kier alpha value is -1.41. The zero-order valence-corrected chi connectivity index (χ0v) is 15.5. The molecule has 25 heavy (non-hydrogen) atoms. The minimum atomic E-state index is -4.94. The molecule has 0 radical (unpaired) electrons. The summed E-state index contributed by atoms with van der Waals surface area (Å²) in [7, 11) is -0.861. The molecule has 0 N–H and O–H groups in total. The monoisotopic (exact) mass is 387 g/mol. The number of fused-ring (bicyclic) bond motifs is 2. The predicted octanol–water partition coefficient (Wildman–Crippen LogP) is -0.556. The molecule has 2 aliphatic rings. The Balaban J connectivity index is 0.000000399. The summed E-state index contributed by atoms with van der Waals surface area (Å²) in [5.41, 5.74) is 3.42. The van der Waals surface area contributed by atoms with E-state index >= 15 is 0 Å². The first-order valence-electron chi connectivity index (χ1n) is 7.69. The third kappa shape index (κ3) is 5.81. The minimum absolute atomic E-state index is 0.855. The van der Waals surface area contributed by atoms with Crippen LogP contribution in [-0.2, 0) is 0 Å².